The number of nitrogens with one attached hydrogen (secondary N) is 1. The zero-order chi connectivity index (χ0) is 23.0. The number of pyridine rings is 2. The summed E-state index contributed by atoms with van der Waals surface area (Å²) in [5.74, 6) is 0.636. The number of hydrogen-bond acceptors (Lipinski definition) is 9. The lowest BCUT2D eigenvalue weighted by atomic mass is 9.61. The third-order valence-electron chi connectivity index (χ3n) is 5.96. The molecule has 1 spiro atoms. The number of anilines is 1. The third-order valence-corrected chi connectivity index (χ3v) is 6.92. The molecule has 0 unspecified atom stereocenters. The lowest BCUT2D eigenvalue weighted by molar-refractivity contribution is -0.183. The molecule has 1 amide bonds. The van der Waals surface area contributed by atoms with Crippen LogP contribution in [0.15, 0.2) is 24.5 Å². The molecule has 0 aromatic carbocycles. The van der Waals surface area contributed by atoms with E-state index >= 15 is 0 Å². The van der Waals surface area contributed by atoms with Crippen LogP contribution in [0.25, 0.3) is 11.1 Å². The van der Waals surface area contributed by atoms with Crippen molar-refractivity contribution >= 4 is 34.0 Å². The number of carbonyl (C=O) groups is 1. The Balaban J connectivity index is 1.28. The molecular formula is C22H22ClN5O4S. The number of halogens is 1. The maximum absolute atomic E-state index is 13.1. The van der Waals surface area contributed by atoms with Gasteiger partial charge in [0.25, 0.3) is 11.1 Å². The molecule has 3 aromatic rings. The average Bonchev–Trinajstić information content (AvgIpc) is 3.18. The van der Waals surface area contributed by atoms with Crippen LogP contribution in [-0.2, 0) is 4.74 Å². The van der Waals surface area contributed by atoms with Crippen molar-refractivity contribution in [1.29, 1.82) is 0 Å². The lowest BCUT2D eigenvalue weighted by Crippen LogP contribution is -2.53. The number of hydrogen-bond donors (Lipinski definition) is 1. The Morgan fingerprint density at radius 3 is 2.79 bits per heavy atom. The molecule has 9 nitrogen and oxygen atoms in total. The summed E-state index contributed by atoms with van der Waals surface area (Å²) in [4.78, 5) is 21.4. The zero-order valence-corrected chi connectivity index (χ0v) is 19.7. The first-order chi connectivity index (χ1) is 15.9. The second-order valence-electron chi connectivity index (χ2n) is 8.48. The first kappa shape index (κ1) is 22.0. The molecular weight excluding hydrogens is 466 g/mol. The Morgan fingerprint density at radius 2 is 2.06 bits per heavy atom. The summed E-state index contributed by atoms with van der Waals surface area (Å²) < 4.78 is 16.5. The van der Waals surface area contributed by atoms with Crippen LogP contribution in [0, 0.1) is 18.3 Å². The molecule has 5 rings (SSSR count). The van der Waals surface area contributed by atoms with Crippen molar-refractivity contribution in [2.75, 3.05) is 32.2 Å². The van der Waals surface area contributed by atoms with Gasteiger partial charge in [0.1, 0.15) is 10.9 Å². The molecule has 2 aliphatic rings. The minimum Gasteiger partial charge on any atom is -0.494 e. The first-order valence-electron chi connectivity index (χ1n) is 10.5. The third kappa shape index (κ3) is 4.50. The smallest absolute Gasteiger partial charge is 0.295 e. The van der Waals surface area contributed by atoms with Crippen LogP contribution in [0.4, 0.5) is 5.13 Å². The van der Waals surface area contributed by atoms with E-state index in [0.717, 1.165) is 31.7 Å². The summed E-state index contributed by atoms with van der Waals surface area (Å²) in [6.07, 6.45) is 5.29. The number of methoxy groups -OCH3 is 1. The fourth-order valence-corrected chi connectivity index (χ4v) is 5.09. The number of aryl methyl sites for hydroxylation is 1. The Morgan fingerprint density at radius 1 is 1.24 bits per heavy atom. The summed E-state index contributed by atoms with van der Waals surface area (Å²) in [7, 11) is 1.54. The molecule has 0 radical (unpaired) electrons. The topological polar surface area (TPSA) is 108 Å². The molecule has 1 saturated heterocycles. The fraction of sp³-hybridized carbons (Fsp3) is 0.409. The zero-order valence-electron chi connectivity index (χ0n) is 18.1. The quantitative estimate of drug-likeness (QED) is 0.498. The minimum absolute atomic E-state index is 0.291. The molecule has 0 atom stereocenters. The molecule has 1 aliphatic carbocycles. The van der Waals surface area contributed by atoms with Crippen molar-refractivity contribution in [3.05, 3.63) is 40.9 Å². The molecule has 1 aliphatic heterocycles. The van der Waals surface area contributed by atoms with Gasteiger partial charge >= 0.3 is 0 Å². The second kappa shape index (κ2) is 8.85. The lowest BCUT2D eigenvalue weighted by Gasteiger charge is -2.53. The molecule has 0 bridgehead atoms. The van der Waals surface area contributed by atoms with Crippen molar-refractivity contribution in [3.8, 4) is 22.1 Å². The minimum atomic E-state index is -0.374. The SMILES string of the molecule is COc1cnc(Cl)cc1-c1cc(C)ncc1C(=O)Nc1nnc(OCC2CC3(COC3)C2)s1. The van der Waals surface area contributed by atoms with Crippen LogP contribution < -0.4 is 14.8 Å². The van der Waals surface area contributed by atoms with Gasteiger partial charge in [0.05, 0.1) is 38.7 Å². The van der Waals surface area contributed by atoms with E-state index in [0.29, 0.717) is 55.9 Å². The highest BCUT2D eigenvalue weighted by Crippen LogP contribution is 2.50. The fourth-order valence-electron chi connectivity index (χ4n) is 4.34. The Bertz CT molecular complexity index is 1190. The Hall–Kier alpha value is -2.82. The molecule has 3 aromatic heterocycles. The first-order valence-corrected chi connectivity index (χ1v) is 11.7. The molecule has 1 N–H and O–H groups in total. The van der Waals surface area contributed by atoms with Gasteiger partial charge in [-0.15, -0.1) is 5.10 Å². The van der Waals surface area contributed by atoms with E-state index in [2.05, 4.69) is 25.5 Å². The molecule has 11 heteroatoms. The highest BCUT2D eigenvalue weighted by Gasteiger charge is 2.49. The van der Waals surface area contributed by atoms with Gasteiger partial charge in [-0.25, -0.2) is 4.98 Å². The van der Waals surface area contributed by atoms with Gasteiger partial charge < -0.3 is 14.2 Å². The van der Waals surface area contributed by atoms with Crippen LogP contribution in [0.3, 0.4) is 0 Å². The summed E-state index contributed by atoms with van der Waals surface area (Å²) >= 11 is 7.29. The summed E-state index contributed by atoms with van der Waals surface area (Å²) in [6.45, 7) is 4.17. The summed E-state index contributed by atoms with van der Waals surface area (Å²) in [5.41, 5.74) is 2.76. The highest BCUT2D eigenvalue weighted by molar-refractivity contribution is 7.17. The van der Waals surface area contributed by atoms with Crippen molar-refractivity contribution in [1.82, 2.24) is 20.2 Å². The van der Waals surface area contributed by atoms with Crippen LogP contribution in [0.5, 0.6) is 10.9 Å². The number of amides is 1. The van der Waals surface area contributed by atoms with E-state index in [4.69, 9.17) is 25.8 Å². The average molecular weight is 488 g/mol. The van der Waals surface area contributed by atoms with Crippen molar-refractivity contribution in [3.63, 3.8) is 0 Å². The number of aromatic nitrogens is 4. The van der Waals surface area contributed by atoms with Gasteiger partial charge in [-0.05, 0) is 49.2 Å². The van der Waals surface area contributed by atoms with Crippen LogP contribution in [0.1, 0.15) is 28.9 Å². The summed E-state index contributed by atoms with van der Waals surface area (Å²) in [5, 5.41) is 11.9. The van der Waals surface area contributed by atoms with Crippen molar-refractivity contribution < 1.29 is 19.0 Å². The largest absolute Gasteiger partial charge is 0.494 e. The Labute approximate surface area is 199 Å². The second-order valence-corrected chi connectivity index (χ2v) is 9.81. The molecule has 172 valence electrons. The maximum atomic E-state index is 13.1. The number of carbonyl (C=O) groups excluding carboxylic acids is 1. The molecule has 4 heterocycles. The molecule has 33 heavy (non-hydrogen) atoms. The standard InChI is InChI=1S/C22H22ClN5O4S/c1-12-3-14(15-4-18(23)25-8-17(15)30-2)16(7-24-12)19(29)26-20-27-28-21(33-20)32-9-13-5-22(6-13)10-31-11-22/h3-4,7-8,13H,5-6,9-11H2,1-2H3,(H,26,27,29). The van der Waals surface area contributed by atoms with E-state index < -0.39 is 0 Å². The van der Waals surface area contributed by atoms with E-state index in [1.807, 2.05) is 6.92 Å². The highest BCUT2D eigenvalue weighted by atomic mass is 35.5. The van der Waals surface area contributed by atoms with Gasteiger partial charge in [-0.2, -0.15) is 0 Å². The van der Waals surface area contributed by atoms with E-state index in [9.17, 15) is 4.79 Å². The van der Waals surface area contributed by atoms with Crippen molar-refractivity contribution in [2.45, 2.75) is 19.8 Å². The van der Waals surface area contributed by atoms with Crippen LogP contribution in [-0.4, -0.2) is 53.0 Å². The van der Waals surface area contributed by atoms with Gasteiger partial charge in [-0.3, -0.25) is 15.1 Å². The van der Waals surface area contributed by atoms with E-state index in [-0.39, 0.29) is 5.91 Å². The van der Waals surface area contributed by atoms with E-state index in [1.54, 1.807) is 12.1 Å². The summed E-state index contributed by atoms with van der Waals surface area (Å²) in [6, 6.07) is 3.46. The maximum Gasteiger partial charge on any atom is 0.295 e. The van der Waals surface area contributed by atoms with Gasteiger partial charge in [-0.1, -0.05) is 16.7 Å². The monoisotopic (exact) mass is 487 g/mol. The normalized spacial score (nSPS) is 16.7. The Kier molecular flexibility index (Phi) is 5.90. The van der Waals surface area contributed by atoms with Crippen LogP contribution >= 0.6 is 22.9 Å². The predicted molar refractivity (Wildman–Crippen MR) is 123 cm³/mol. The van der Waals surface area contributed by atoms with E-state index in [1.165, 1.54) is 30.8 Å². The number of ether oxygens (including phenoxy) is 3. The van der Waals surface area contributed by atoms with Crippen molar-refractivity contribution in [2.24, 2.45) is 11.3 Å². The van der Waals surface area contributed by atoms with Gasteiger partial charge in [0, 0.05) is 28.4 Å². The number of nitrogens with zero attached hydrogens (tertiary/aromatic N) is 4. The van der Waals surface area contributed by atoms with Gasteiger partial charge in [0.2, 0.25) is 5.13 Å². The molecule has 2 fully saturated rings. The van der Waals surface area contributed by atoms with Gasteiger partial charge in [0.15, 0.2) is 0 Å². The number of rotatable bonds is 7. The molecule has 1 saturated carbocycles. The van der Waals surface area contributed by atoms with Crippen LogP contribution in [0.2, 0.25) is 5.15 Å². The predicted octanol–water partition coefficient (Wildman–Crippen LogP) is 4.02.